The van der Waals surface area contributed by atoms with Crippen molar-refractivity contribution in [2.24, 2.45) is 0 Å². The van der Waals surface area contributed by atoms with E-state index in [1.165, 1.54) is 0 Å². The van der Waals surface area contributed by atoms with E-state index in [-0.39, 0.29) is 0 Å². The molecule has 0 aromatic carbocycles. The number of alkyl halides is 3. The van der Waals surface area contributed by atoms with Gasteiger partial charge >= 0.3 is 18.2 Å². The van der Waals surface area contributed by atoms with E-state index in [2.05, 4.69) is 9.47 Å². The smallest absolute Gasteiger partial charge is 0.363 e. The third kappa shape index (κ3) is 1.41. The zero-order valence-corrected chi connectivity index (χ0v) is 4.84. The molecule has 0 radical (unpaired) electrons. The van der Waals surface area contributed by atoms with Gasteiger partial charge in [0, 0.05) is 0 Å². The van der Waals surface area contributed by atoms with Crippen molar-refractivity contribution in [3.63, 3.8) is 0 Å². The molecule has 0 N–H and O–H groups in total. The Balaban J connectivity index is 2.78. The van der Waals surface area contributed by atoms with Crippen molar-refractivity contribution >= 4 is 11.9 Å². The molecule has 1 aliphatic rings. The summed E-state index contributed by atoms with van der Waals surface area (Å²) in [5, 5.41) is 0. The molecule has 11 heavy (non-hydrogen) atoms. The highest BCUT2D eigenvalue weighted by Gasteiger charge is 2.51. The van der Waals surface area contributed by atoms with E-state index in [1.54, 1.807) is 0 Å². The van der Waals surface area contributed by atoms with Crippen LogP contribution in [0.4, 0.5) is 13.2 Å². The SMILES string of the molecule is O=C1OC(F)(F)OC(=O)C1F. The molecule has 7 heteroatoms. The number of rotatable bonds is 0. The van der Waals surface area contributed by atoms with Crippen LogP contribution in [-0.4, -0.2) is 24.4 Å². The molecule has 62 valence electrons. The van der Waals surface area contributed by atoms with Gasteiger partial charge in [0.05, 0.1) is 0 Å². The Morgan fingerprint density at radius 2 is 1.55 bits per heavy atom. The summed E-state index contributed by atoms with van der Waals surface area (Å²) in [7, 11) is 0. The summed E-state index contributed by atoms with van der Waals surface area (Å²) in [6.07, 6.45) is -7.11. The second kappa shape index (κ2) is 2.11. The fourth-order valence-electron chi connectivity index (χ4n) is 0.455. The minimum Gasteiger partial charge on any atom is -0.363 e. The number of carbonyl (C=O) groups excluding carboxylic acids is 2. The normalized spacial score (nSPS) is 24.3. The lowest BCUT2D eigenvalue weighted by molar-refractivity contribution is -0.368. The van der Waals surface area contributed by atoms with E-state index in [4.69, 9.17) is 0 Å². The first kappa shape index (κ1) is 7.83. The van der Waals surface area contributed by atoms with Crippen LogP contribution in [0.5, 0.6) is 0 Å². The molecule has 0 bridgehead atoms. The lowest BCUT2D eigenvalue weighted by atomic mass is 10.4. The van der Waals surface area contributed by atoms with Crippen molar-refractivity contribution in [1.82, 2.24) is 0 Å². The van der Waals surface area contributed by atoms with Crippen LogP contribution < -0.4 is 0 Å². The maximum Gasteiger partial charge on any atom is 0.590 e. The first-order valence-corrected chi connectivity index (χ1v) is 2.40. The van der Waals surface area contributed by atoms with Crippen molar-refractivity contribution in [2.45, 2.75) is 12.5 Å². The van der Waals surface area contributed by atoms with Gasteiger partial charge in [-0.15, -0.1) is 8.78 Å². The number of hydrogen-bond donors (Lipinski definition) is 0. The molecule has 0 aromatic heterocycles. The van der Waals surface area contributed by atoms with Crippen molar-refractivity contribution < 1.29 is 32.2 Å². The number of esters is 2. The maximum atomic E-state index is 12.0. The Morgan fingerprint density at radius 1 is 1.18 bits per heavy atom. The predicted octanol–water partition coefficient (Wildman–Crippen LogP) is -0.0252. The zero-order chi connectivity index (χ0) is 8.65. The third-order valence-corrected chi connectivity index (χ3v) is 0.853. The molecule has 0 spiro atoms. The van der Waals surface area contributed by atoms with Gasteiger partial charge in [-0.2, -0.15) is 0 Å². The second-order valence-electron chi connectivity index (χ2n) is 1.67. The number of hydrogen-bond acceptors (Lipinski definition) is 4. The maximum absolute atomic E-state index is 12.0. The van der Waals surface area contributed by atoms with E-state index in [9.17, 15) is 22.8 Å². The van der Waals surface area contributed by atoms with Gasteiger partial charge in [0.1, 0.15) is 0 Å². The lowest BCUT2D eigenvalue weighted by Crippen LogP contribution is -2.45. The monoisotopic (exact) mass is 170 g/mol. The number of ether oxygens (including phenoxy) is 2. The van der Waals surface area contributed by atoms with Crippen LogP contribution in [0.2, 0.25) is 0 Å². The summed E-state index contributed by atoms with van der Waals surface area (Å²) >= 11 is 0. The van der Waals surface area contributed by atoms with Crippen molar-refractivity contribution in [1.29, 1.82) is 0 Å². The van der Waals surface area contributed by atoms with Crippen LogP contribution in [0, 0.1) is 0 Å². The summed E-state index contributed by atoms with van der Waals surface area (Å²) in [5.74, 6) is -3.88. The van der Waals surface area contributed by atoms with Crippen LogP contribution in [0.25, 0.3) is 0 Å². The number of cyclic esters (lactones) is 2. The quantitative estimate of drug-likeness (QED) is 0.378. The van der Waals surface area contributed by atoms with E-state index in [0.29, 0.717) is 0 Å². The van der Waals surface area contributed by atoms with Gasteiger partial charge < -0.3 is 9.47 Å². The van der Waals surface area contributed by atoms with Crippen LogP contribution in [-0.2, 0) is 19.1 Å². The summed E-state index contributed by atoms with van der Waals surface area (Å²) in [5.41, 5.74) is 0. The van der Waals surface area contributed by atoms with Crippen LogP contribution in [0.1, 0.15) is 0 Å². The molecule has 4 nitrogen and oxygen atoms in total. The van der Waals surface area contributed by atoms with Gasteiger partial charge in [0.15, 0.2) is 0 Å². The molecule has 1 fully saturated rings. The van der Waals surface area contributed by atoms with Crippen molar-refractivity contribution in [3.05, 3.63) is 0 Å². The minimum atomic E-state index is -4.34. The number of carbonyl (C=O) groups is 2. The first-order chi connectivity index (χ1) is 4.92. The fourth-order valence-corrected chi connectivity index (χ4v) is 0.455. The summed E-state index contributed by atoms with van der Waals surface area (Å²) in [6, 6.07) is 0. The van der Waals surface area contributed by atoms with Crippen molar-refractivity contribution in [2.75, 3.05) is 0 Å². The Bertz CT molecular complexity index is 193. The third-order valence-electron chi connectivity index (χ3n) is 0.853. The molecule has 0 atom stereocenters. The van der Waals surface area contributed by atoms with Crippen LogP contribution >= 0.6 is 0 Å². The molecule has 1 heterocycles. The average molecular weight is 170 g/mol. The zero-order valence-electron chi connectivity index (χ0n) is 4.84. The van der Waals surface area contributed by atoms with Gasteiger partial charge in [0.2, 0.25) is 0 Å². The topological polar surface area (TPSA) is 52.6 Å². The van der Waals surface area contributed by atoms with Crippen LogP contribution in [0.15, 0.2) is 0 Å². The molecule has 1 aliphatic heterocycles. The summed E-state index contributed by atoms with van der Waals surface area (Å²) < 4.78 is 41.8. The van der Waals surface area contributed by atoms with Crippen LogP contribution in [0.3, 0.4) is 0 Å². The number of halogens is 3. The molecule has 0 unspecified atom stereocenters. The molecular weight excluding hydrogens is 169 g/mol. The van der Waals surface area contributed by atoms with E-state index in [0.717, 1.165) is 0 Å². The van der Waals surface area contributed by atoms with Crippen molar-refractivity contribution in [3.8, 4) is 0 Å². The van der Waals surface area contributed by atoms with E-state index >= 15 is 0 Å². The Kier molecular flexibility index (Phi) is 1.50. The van der Waals surface area contributed by atoms with Gasteiger partial charge in [-0.3, -0.25) is 0 Å². The average Bonchev–Trinajstić information content (AvgIpc) is 1.81. The summed E-state index contributed by atoms with van der Waals surface area (Å²) in [4.78, 5) is 20.1. The first-order valence-electron chi connectivity index (χ1n) is 2.40. The summed E-state index contributed by atoms with van der Waals surface area (Å²) in [6.45, 7) is 0. The molecule has 0 aromatic rings. The molecular formula is C4HF3O4. The Hall–Kier alpha value is -1.27. The Morgan fingerprint density at radius 3 is 1.91 bits per heavy atom. The molecule has 0 saturated carbocycles. The Labute approximate surface area is 57.9 Å². The van der Waals surface area contributed by atoms with Gasteiger partial charge in [0.25, 0.3) is 6.17 Å². The second-order valence-corrected chi connectivity index (χ2v) is 1.67. The highest BCUT2D eigenvalue weighted by molar-refractivity contribution is 5.99. The van der Waals surface area contributed by atoms with Gasteiger partial charge in [-0.05, 0) is 0 Å². The van der Waals surface area contributed by atoms with Gasteiger partial charge in [-0.1, -0.05) is 0 Å². The largest absolute Gasteiger partial charge is 0.590 e. The fraction of sp³-hybridized carbons (Fsp3) is 0.500. The molecule has 1 saturated heterocycles. The predicted molar refractivity (Wildman–Crippen MR) is 22.0 cm³/mol. The minimum absolute atomic E-state index is 1.94. The van der Waals surface area contributed by atoms with E-state index in [1.807, 2.05) is 0 Å². The highest BCUT2D eigenvalue weighted by Crippen LogP contribution is 2.24. The standard InChI is InChI=1S/C4HF3O4/c5-1-2(8)10-4(6,7)11-3(1)9/h1H. The molecule has 0 aliphatic carbocycles. The van der Waals surface area contributed by atoms with E-state index < -0.39 is 24.4 Å². The van der Waals surface area contributed by atoms with Gasteiger partial charge in [-0.25, -0.2) is 14.0 Å². The molecule has 0 amide bonds. The lowest BCUT2D eigenvalue weighted by Gasteiger charge is -2.21. The highest BCUT2D eigenvalue weighted by atomic mass is 19.3. The molecule has 1 rings (SSSR count).